The molecule has 0 unspecified atom stereocenters. The molecule has 1 aromatic rings. The van der Waals surface area contributed by atoms with Gasteiger partial charge in [-0.15, -0.1) is 0 Å². The van der Waals surface area contributed by atoms with Gasteiger partial charge in [0.05, 0.1) is 0 Å². The van der Waals surface area contributed by atoms with Crippen LogP contribution in [0.4, 0.5) is 0 Å². The monoisotopic (exact) mass is 254 g/mol. The summed E-state index contributed by atoms with van der Waals surface area (Å²) in [6.07, 6.45) is 4.98. The van der Waals surface area contributed by atoms with Crippen LogP contribution in [0, 0.1) is 11.3 Å². The Balaban J connectivity index is 2.23. The smallest absolute Gasteiger partial charge is 0.261 e. The van der Waals surface area contributed by atoms with Gasteiger partial charge in [0.25, 0.3) is 5.91 Å². The van der Waals surface area contributed by atoms with Crippen molar-refractivity contribution >= 4 is 12.0 Å². The summed E-state index contributed by atoms with van der Waals surface area (Å²) in [4.78, 5) is 11.8. The zero-order valence-electron chi connectivity index (χ0n) is 11.1. The number of nitrogens with one attached hydrogen (secondary N) is 1. The van der Waals surface area contributed by atoms with E-state index in [1.807, 2.05) is 31.2 Å². The molecule has 1 aromatic carbocycles. The van der Waals surface area contributed by atoms with Crippen molar-refractivity contribution in [3.8, 4) is 6.07 Å². The molecule has 0 radical (unpaired) electrons. The van der Waals surface area contributed by atoms with E-state index in [-0.39, 0.29) is 11.5 Å². The number of nitriles is 1. The Bertz CT molecular complexity index is 536. The van der Waals surface area contributed by atoms with Crippen molar-refractivity contribution in [1.82, 2.24) is 5.32 Å². The standard InChI is InChI=1S/C16H18N2O/c1-2-9-18-16(19)14(11-17)10-13-5-3-4-6-15(13)12-7-8-12/h3-6,10,12H,2,7-9H2,1H3,(H,18,19)/b14-10-. The molecule has 0 aliphatic heterocycles. The van der Waals surface area contributed by atoms with Gasteiger partial charge < -0.3 is 5.32 Å². The molecule has 0 bridgehead atoms. The van der Waals surface area contributed by atoms with Gasteiger partial charge in [0, 0.05) is 6.54 Å². The average molecular weight is 254 g/mol. The third-order valence-corrected chi connectivity index (χ3v) is 3.21. The van der Waals surface area contributed by atoms with Gasteiger partial charge in [0.1, 0.15) is 11.6 Å². The van der Waals surface area contributed by atoms with Crippen LogP contribution in [0.15, 0.2) is 29.8 Å². The van der Waals surface area contributed by atoms with Crippen molar-refractivity contribution in [3.63, 3.8) is 0 Å². The maximum absolute atomic E-state index is 11.8. The molecular formula is C16H18N2O. The fourth-order valence-corrected chi connectivity index (χ4v) is 2.05. The van der Waals surface area contributed by atoms with Crippen molar-refractivity contribution in [3.05, 3.63) is 41.0 Å². The summed E-state index contributed by atoms with van der Waals surface area (Å²) >= 11 is 0. The summed E-state index contributed by atoms with van der Waals surface area (Å²) in [5, 5.41) is 11.9. The van der Waals surface area contributed by atoms with E-state index in [1.165, 1.54) is 18.4 Å². The molecule has 0 heterocycles. The second-order valence-corrected chi connectivity index (χ2v) is 4.83. The van der Waals surface area contributed by atoms with Crippen molar-refractivity contribution in [2.75, 3.05) is 6.54 Å². The summed E-state index contributed by atoms with van der Waals surface area (Å²) in [6, 6.07) is 10.0. The van der Waals surface area contributed by atoms with Crippen molar-refractivity contribution in [2.24, 2.45) is 0 Å². The summed E-state index contributed by atoms with van der Waals surface area (Å²) in [7, 11) is 0. The second kappa shape index (κ2) is 6.19. The highest BCUT2D eigenvalue weighted by Gasteiger charge is 2.25. The number of amides is 1. The lowest BCUT2D eigenvalue weighted by Gasteiger charge is -2.05. The van der Waals surface area contributed by atoms with E-state index >= 15 is 0 Å². The van der Waals surface area contributed by atoms with E-state index in [4.69, 9.17) is 5.26 Å². The van der Waals surface area contributed by atoms with E-state index in [0.717, 1.165) is 12.0 Å². The Kier molecular flexibility index (Phi) is 4.35. The van der Waals surface area contributed by atoms with Crippen LogP contribution in [-0.2, 0) is 4.79 Å². The topological polar surface area (TPSA) is 52.9 Å². The van der Waals surface area contributed by atoms with Gasteiger partial charge in [-0.05, 0) is 42.4 Å². The summed E-state index contributed by atoms with van der Waals surface area (Å²) in [5.74, 6) is 0.320. The number of carbonyl (C=O) groups is 1. The molecule has 1 aliphatic carbocycles. The fourth-order valence-electron chi connectivity index (χ4n) is 2.05. The minimum Gasteiger partial charge on any atom is -0.351 e. The van der Waals surface area contributed by atoms with Gasteiger partial charge in [0.15, 0.2) is 0 Å². The molecule has 1 N–H and O–H groups in total. The van der Waals surface area contributed by atoms with E-state index in [2.05, 4.69) is 11.4 Å². The van der Waals surface area contributed by atoms with E-state index in [9.17, 15) is 4.79 Å². The molecule has 0 aromatic heterocycles. The molecule has 1 aliphatic rings. The molecule has 1 fully saturated rings. The van der Waals surface area contributed by atoms with Crippen LogP contribution in [0.5, 0.6) is 0 Å². The highest BCUT2D eigenvalue weighted by Crippen LogP contribution is 2.42. The highest BCUT2D eigenvalue weighted by molar-refractivity contribution is 6.01. The number of hydrogen-bond donors (Lipinski definition) is 1. The lowest BCUT2D eigenvalue weighted by molar-refractivity contribution is -0.117. The number of rotatable bonds is 5. The number of benzene rings is 1. The van der Waals surface area contributed by atoms with E-state index < -0.39 is 0 Å². The summed E-state index contributed by atoms with van der Waals surface area (Å²) in [5.41, 5.74) is 2.42. The van der Waals surface area contributed by atoms with Crippen LogP contribution in [0.3, 0.4) is 0 Å². The first-order valence-electron chi connectivity index (χ1n) is 6.75. The molecule has 1 saturated carbocycles. The zero-order valence-corrected chi connectivity index (χ0v) is 11.1. The molecule has 3 heteroatoms. The molecule has 2 rings (SSSR count). The second-order valence-electron chi connectivity index (χ2n) is 4.83. The number of carbonyl (C=O) groups excluding carboxylic acids is 1. The molecule has 0 spiro atoms. The highest BCUT2D eigenvalue weighted by atomic mass is 16.1. The molecule has 0 atom stereocenters. The number of nitrogens with zero attached hydrogens (tertiary/aromatic N) is 1. The Morgan fingerprint density at radius 3 is 2.84 bits per heavy atom. The first-order chi connectivity index (χ1) is 9.26. The summed E-state index contributed by atoms with van der Waals surface area (Å²) < 4.78 is 0. The first-order valence-corrected chi connectivity index (χ1v) is 6.75. The normalized spacial score (nSPS) is 14.8. The fraction of sp³-hybridized carbons (Fsp3) is 0.375. The van der Waals surface area contributed by atoms with Gasteiger partial charge in [0.2, 0.25) is 0 Å². The molecular weight excluding hydrogens is 236 g/mol. The Hall–Kier alpha value is -2.08. The van der Waals surface area contributed by atoms with Gasteiger partial charge >= 0.3 is 0 Å². The van der Waals surface area contributed by atoms with Gasteiger partial charge in [-0.2, -0.15) is 5.26 Å². The van der Waals surface area contributed by atoms with Crippen molar-refractivity contribution in [1.29, 1.82) is 5.26 Å². The summed E-state index contributed by atoms with van der Waals surface area (Å²) in [6.45, 7) is 2.58. The Labute approximate surface area is 113 Å². The maximum Gasteiger partial charge on any atom is 0.261 e. The third-order valence-electron chi connectivity index (χ3n) is 3.21. The molecule has 0 saturated heterocycles. The Morgan fingerprint density at radius 2 is 2.21 bits per heavy atom. The van der Waals surface area contributed by atoms with Crippen LogP contribution in [0.25, 0.3) is 6.08 Å². The molecule has 98 valence electrons. The Morgan fingerprint density at radius 1 is 1.47 bits per heavy atom. The van der Waals surface area contributed by atoms with Crippen LogP contribution in [0.1, 0.15) is 43.2 Å². The van der Waals surface area contributed by atoms with Crippen molar-refractivity contribution in [2.45, 2.75) is 32.1 Å². The van der Waals surface area contributed by atoms with Gasteiger partial charge in [-0.3, -0.25) is 4.79 Å². The van der Waals surface area contributed by atoms with Crippen LogP contribution < -0.4 is 5.32 Å². The lowest BCUT2D eigenvalue weighted by Crippen LogP contribution is -2.25. The first kappa shape index (κ1) is 13.4. The zero-order chi connectivity index (χ0) is 13.7. The molecule has 19 heavy (non-hydrogen) atoms. The maximum atomic E-state index is 11.8. The van der Waals surface area contributed by atoms with E-state index in [1.54, 1.807) is 6.08 Å². The van der Waals surface area contributed by atoms with E-state index in [0.29, 0.717) is 12.5 Å². The lowest BCUT2D eigenvalue weighted by atomic mass is 10.0. The minimum absolute atomic E-state index is 0.182. The minimum atomic E-state index is -0.282. The number of hydrogen-bond acceptors (Lipinski definition) is 2. The van der Waals surface area contributed by atoms with Gasteiger partial charge in [-0.1, -0.05) is 31.2 Å². The third kappa shape index (κ3) is 3.45. The van der Waals surface area contributed by atoms with Crippen molar-refractivity contribution < 1.29 is 4.79 Å². The van der Waals surface area contributed by atoms with Crippen LogP contribution in [0.2, 0.25) is 0 Å². The predicted octanol–water partition coefficient (Wildman–Crippen LogP) is 3.00. The quantitative estimate of drug-likeness (QED) is 0.648. The van der Waals surface area contributed by atoms with Gasteiger partial charge in [-0.25, -0.2) is 0 Å². The molecule has 1 amide bonds. The van der Waals surface area contributed by atoms with Crippen LogP contribution in [-0.4, -0.2) is 12.5 Å². The average Bonchev–Trinajstić information content (AvgIpc) is 3.27. The SMILES string of the molecule is CCCNC(=O)/C(C#N)=C\c1ccccc1C1CC1. The van der Waals surface area contributed by atoms with Crippen LogP contribution >= 0.6 is 0 Å². The molecule has 3 nitrogen and oxygen atoms in total. The largest absolute Gasteiger partial charge is 0.351 e. The predicted molar refractivity (Wildman–Crippen MR) is 75.3 cm³/mol.